The number of fused-ring (bicyclic) bond motifs is 3. The van der Waals surface area contributed by atoms with Crippen LogP contribution in [0.2, 0.25) is 0 Å². The van der Waals surface area contributed by atoms with E-state index in [4.69, 9.17) is 19.4 Å². The zero-order valence-electron chi connectivity index (χ0n) is 29.8. The summed E-state index contributed by atoms with van der Waals surface area (Å²) < 4.78 is 6.99. The summed E-state index contributed by atoms with van der Waals surface area (Å²) in [5, 5.41) is 2.14. The Labute approximate surface area is 319 Å². The van der Waals surface area contributed by atoms with Gasteiger partial charge in [-0.05, 0) is 51.6 Å². The average Bonchev–Trinajstić information content (AvgIpc) is 3.66. The van der Waals surface area contributed by atoms with Crippen molar-refractivity contribution in [2.45, 2.75) is 0 Å². The molecule has 10 aromatic rings. The molecule has 2 aromatic heterocycles. The minimum atomic E-state index is 0.611. The van der Waals surface area contributed by atoms with Crippen molar-refractivity contribution in [3.8, 4) is 78.7 Å². The summed E-state index contributed by atoms with van der Waals surface area (Å²) in [6.07, 6.45) is 0. The van der Waals surface area contributed by atoms with Gasteiger partial charge in [0.2, 0.25) is 0 Å². The molecular weight excluding hydrogens is 671 g/mol. The lowest BCUT2D eigenvalue weighted by atomic mass is 9.94. The molecule has 0 aliphatic heterocycles. The Kier molecular flexibility index (Phi) is 8.12. The Morgan fingerprint density at radius 3 is 1.29 bits per heavy atom. The van der Waals surface area contributed by atoms with Crippen LogP contribution >= 0.6 is 0 Å². The molecule has 0 aliphatic rings. The van der Waals surface area contributed by atoms with Crippen LogP contribution in [0, 0.1) is 0 Å². The van der Waals surface area contributed by atoms with Gasteiger partial charge in [-0.25, -0.2) is 15.0 Å². The smallest absolute Gasteiger partial charge is 0.164 e. The molecule has 10 rings (SSSR count). The number of hydrogen-bond acceptors (Lipinski definition) is 4. The van der Waals surface area contributed by atoms with Gasteiger partial charge in [-0.3, -0.25) is 0 Å². The maximum absolute atomic E-state index is 6.99. The third-order valence-corrected chi connectivity index (χ3v) is 10.1. The van der Waals surface area contributed by atoms with E-state index in [0.29, 0.717) is 17.5 Å². The summed E-state index contributed by atoms with van der Waals surface area (Å²) in [5.74, 6) is 1.88. The number of aromatic nitrogens is 3. The molecule has 0 radical (unpaired) electrons. The molecule has 0 aliphatic carbocycles. The van der Waals surface area contributed by atoms with E-state index in [1.807, 2.05) is 66.7 Å². The van der Waals surface area contributed by atoms with Crippen molar-refractivity contribution in [1.82, 2.24) is 15.0 Å². The van der Waals surface area contributed by atoms with E-state index < -0.39 is 0 Å². The fourth-order valence-corrected chi connectivity index (χ4v) is 7.38. The van der Waals surface area contributed by atoms with Gasteiger partial charge in [0.1, 0.15) is 11.2 Å². The highest BCUT2D eigenvalue weighted by molar-refractivity contribution is 6.14. The Balaban J connectivity index is 1.13. The predicted octanol–water partition coefficient (Wildman–Crippen LogP) is 13.4. The largest absolute Gasteiger partial charge is 0.455 e. The lowest BCUT2D eigenvalue weighted by Crippen LogP contribution is -2.00. The fraction of sp³-hybridized carbons (Fsp3) is 0. The number of nitrogens with zero attached hydrogens (tertiary/aromatic N) is 3. The van der Waals surface area contributed by atoms with E-state index in [9.17, 15) is 0 Å². The quantitative estimate of drug-likeness (QED) is 0.166. The molecule has 0 spiro atoms. The second-order valence-corrected chi connectivity index (χ2v) is 13.6. The van der Waals surface area contributed by atoms with Gasteiger partial charge >= 0.3 is 0 Å². The summed E-state index contributed by atoms with van der Waals surface area (Å²) in [7, 11) is 0. The standard InChI is InChI=1S/C51H33N3O/c1-5-15-34(16-6-1)36-27-29-37(30-28-36)45-32-42(35-17-7-2-8-18-35)33-46-44-26-14-25-43(47(44)55-48(45)46)40-23-13-24-41(31-40)51-53-49(38-19-9-3-10-20-38)52-50(54-51)39-21-11-4-12-22-39/h1-33H. The maximum atomic E-state index is 6.99. The zero-order valence-corrected chi connectivity index (χ0v) is 29.8. The lowest BCUT2D eigenvalue weighted by molar-refractivity contribution is 0.671. The molecule has 0 bridgehead atoms. The van der Waals surface area contributed by atoms with Gasteiger partial charge in [-0.1, -0.05) is 182 Å². The Bertz CT molecular complexity index is 2880. The van der Waals surface area contributed by atoms with Crippen LogP contribution in [-0.2, 0) is 0 Å². The van der Waals surface area contributed by atoms with Crippen LogP contribution in [-0.4, -0.2) is 15.0 Å². The van der Waals surface area contributed by atoms with Gasteiger partial charge in [-0.2, -0.15) is 0 Å². The van der Waals surface area contributed by atoms with Crippen LogP contribution in [0.15, 0.2) is 205 Å². The molecule has 4 heteroatoms. The number of rotatable bonds is 7. The van der Waals surface area contributed by atoms with E-state index in [1.54, 1.807) is 0 Å². The zero-order chi connectivity index (χ0) is 36.6. The Morgan fingerprint density at radius 2 is 0.691 bits per heavy atom. The molecule has 0 saturated carbocycles. The lowest BCUT2D eigenvalue weighted by Gasteiger charge is -2.10. The number of benzene rings is 8. The van der Waals surface area contributed by atoms with Crippen LogP contribution in [0.25, 0.3) is 101 Å². The maximum Gasteiger partial charge on any atom is 0.164 e. The molecule has 4 nitrogen and oxygen atoms in total. The molecule has 258 valence electrons. The SMILES string of the molecule is c1ccc(-c2ccc(-c3cc(-c4ccccc4)cc4c3oc3c(-c5cccc(-c6nc(-c7ccccc7)nc(-c7ccccc7)n6)c5)cccc34)cc2)cc1. The summed E-state index contributed by atoms with van der Waals surface area (Å²) >= 11 is 0. The highest BCUT2D eigenvalue weighted by Gasteiger charge is 2.19. The van der Waals surface area contributed by atoms with Crippen molar-refractivity contribution < 1.29 is 4.42 Å². The average molecular weight is 704 g/mol. The molecule has 0 saturated heterocycles. The molecule has 0 unspecified atom stereocenters. The highest BCUT2D eigenvalue weighted by Crippen LogP contribution is 2.43. The van der Waals surface area contributed by atoms with E-state index in [1.165, 1.54) is 11.1 Å². The first kappa shape index (κ1) is 32.2. The summed E-state index contributed by atoms with van der Waals surface area (Å²) in [5.41, 5.74) is 13.3. The summed E-state index contributed by atoms with van der Waals surface area (Å²) in [6, 6.07) is 69.3. The summed E-state index contributed by atoms with van der Waals surface area (Å²) in [4.78, 5) is 14.9. The first-order chi connectivity index (χ1) is 27.2. The van der Waals surface area contributed by atoms with Crippen molar-refractivity contribution >= 4 is 21.9 Å². The van der Waals surface area contributed by atoms with Gasteiger partial charge < -0.3 is 4.42 Å². The van der Waals surface area contributed by atoms with E-state index in [-0.39, 0.29) is 0 Å². The van der Waals surface area contributed by atoms with E-state index >= 15 is 0 Å². The minimum Gasteiger partial charge on any atom is -0.455 e. The minimum absolute atomic E-state index is 0.611. The molecule has 0 amide bonds. The third-order valence-electron chi connectivity index (χ3n) is 10.1. The molecule has 55 heavy (non-hydrogen) atoms. The van der Waals surface area contributed by atoms with E-state index in [0.717, 1.165) is 72.0 Å². The van der Waals surface area contributed by atoms with E-state index in [2.05, 4.69) is 133 Å². The Hall–Kier alpha value is -7.43. The van der Waals surface area contributed by atoms with Crippen molar-refractivity contribution in [2.75, 3.05) is 0 Å². The molecule has 0 N–H and O–H groups in total. The van der Waals surface area contributed by atoms with Crippen LogP contribution in [0.4, 0.5) is 0 Å². The van der Waals surface area contributed by atoms with Gasteiger partial charge in [0, 0.05) is 38.6 Å². The normalized spacial score (nSPS) is 11.3. The van der Waals surface area contributed by atoms with Crippen LogP contribution in [0.3, 0.4) is 0 Å². The monoisotopic (exact) mass is 703 g/mol. The predicted molar refractivity (Wildman–Crippen MR) is 225 cm³/mol. The fourth-order valence-electron chi connectivity index (χ4n) is 7.38. The number of para-hydroxylation sites is 1. The molecular formula is C51H33N3O. The van der Waals surface area contributed by atoms with Gasteiger partial charge in [0.25, 0.3) is 0 Å². The second kappa shape index (κ2) is 13.8. The first-order valence-corrected chi connectivity index (χ1v) is 18.4. The molecule has 0 fully saturated rings. The van der Waals surface area contributed by atoms with Crippen molar-refractivity contribution in [2.24, 2.45) is 0 Å². The van der Waals surface area contributed by atoms with Gasteiger partial charge in [0.05, 0.1) is 0 Å². The molecule has 2 heterocycles. The molecule has 8 aromatic carbocycles. The van der Waals surface area contributed by atoms with Crippen molar-refractivity contribution in [3.05, 3.63) is 200 Å². The van der Waals surface area contributed by atoms with Crippen LogP contribution in [0.1, 0.15) is 0 Å². The number of furan rings is 1. The van der Waals surface area contributed by atoms with Crippen LogP contribution < -0.4 is 0 Å². The Morgan fingerprint density at radius 1 is 0.255 bits per heavy atom. The third kappa shape index (κ3) is 6.16. The van der Waals surface area contributed by atoms with Gasteiger partial charge in [0.15, 0.2) is 17.5 Å². The number of hydrogen-bond donors (Lipinski definition) is 0. The van der Waals surface area contributed by atoms with Crippen molar-refractivity contribution in [3.63, 3.8) is 0 Å². The topological polar surface area (TPSA) is 51.8 Å². The molecule has 0 atom stereocenters. The van der Waals surface area contributed by atoms with Crippen molar-refractivity contribution in [1.29, 1.82) is 0 Å². The van der Waals surface area contributed by atoms with Gasteiger partial charge in [-0.15, -0.1) is 0 Å². The first-order valence-electron chi connectivity index (χ1n) is 18.4. The highest BCUT2D eigenvalue weighted by atomic mass is 16.3. The second-order valence-electron chi connectivity index (χ2n) is 13.6. The van der Waals surface area contributed by atoms with Crippen LogP contribution in [0.5, 0.6) is 0 Å². The summed E-state index contributed by atoms with van der Waals surface area (Å²) in [6.45, 7) is 0.